The van der Waals surface area contributed by atoms with Crippen LogP contribution in [0.15, 0.2) is 25.0 Å². The Morgan fingerprint density at radius 1 is 1.50 bits per heavy atom. The molecule has 0 bridgehead atoms. The summed E-state index contributed by atoms with van der Waals surface area (Å²) in [6.45, 7) is 8.90. The molecule has 0 aliphatic rings. The van der Waals surface area contributed by atoms with Gasteiger partial charge in [-0.05, 0) is 19.8 Å². The van der Waals surface area contributed by atoms with E-state index in [1.807, 2.05) is 0 Å². The second kappa shape index (κ2) is 11.7. The highest BCUT2D eigenvalue weighted by Gasteiger charge is 1.90. The fourth-order valence-electron chi connectivity index (χ4n) is 0.381. The number of aliphatic hydroxyl groups excluding tert-OH is 1. The first-order chi connectivity index (χ1) is 6.56. The molecule has 4 nitrogen and oxygen atoms in total. The first-order valence-electron chi connectivity index (χ1n) is 4.28. The van der Waals surface area contributed by atoms with Crippen LogP contribution in [0.1, 0.15) is 19.8 Å². The normalized spacial score (nSPS) is 8.14. The van der Waals surface area contributed by atoms with Gasteiger partial charge in [0.25, 0.3) is 0 Å². The van der Waals surface area contributed by atoms with Crippen LogP contribution in [-0.4, -0.2) is 29.4 Å². The molecule has 0 unspecified atom stereocenters. The Morgan fingerprint density at radius 3 is 2.29 bits per heavy atom. The van der Waals surface area contributed by atoms with Gasteiger partial charge in [0.05, 0.1) is 12.9 Å². The fraction of sp³-hybridized carbons (Fsp3) is 0.500. The molecule has 0 saturated carbocycles. The minimum Gasteiger partial charge on any atom is -0.502 e. The van der Waals surface area contributed by atoms with Crippen LogP contribution in [-0.2, 0) is 9.53 Å². The van der Waals surface area contributed by atoms with Crippen LogP contribution < -0.4 is 0 Å². The molecular formula is C10H18O4. The predicted molar refractivity (Wildman–Crippen MR) is 54.9 cm³/mol. The lowest BCUT2D eigenvalue weighted by Gasteiger charge is -1.95. The van der Waals surface area contributed by atoms with Gasteiger partial charge in [0.2, 0.25) is 0 Å². The van der Waals surface area contributed by atoms with Gasteiger partial charge in [0, 0.05) is 12.2 Å². The topological polar surface area (TPSA) is 66.8 Å². The van der Waals surface area contributed by atoms with Crippen molar-refractivity contribution in [2.24, 2.45) is 0 Å². The van der Waals surface area contributed by atoms with Crippen LogP contribution in [0.4, 0.5) is 0 Å². The number of aliphatic carboxylic acids is 1. The summed E-state index contributed by atoms with van der Waals surface area (Å²) in [5, 5.41) is 16.2. The predicted octanol–water partition coefficient (Wildman–Crippen LogP) is 1.57. The maximum absolute atomic E-state index is 9.60. The van der Waals surface area contributed by atoms with Crippen molar-refractivity contribution in [1.29, 1.82) is 0 Å². The monoisotopic (exact) mass is 202 g/mol. The highest BCUT2D eigenvalue weighted by Crippen LogP contribution is 1.87. The summed E-state index contributed by atoms with van der Waals surface area (Å²) in [7, 11) is 0. The van der Waals surface area contributed by atoms with Crippen molar-refractivity contribution in [1.82, 2.24) is 0 Å². The second-order valence-electron chi connectivity index (χ2n) is 2.55. The van der Waals surface area contributed by atoms with Crippen molar-refractivity contribution >= 4 is 5.97 Å². The van der Waals surface area contributed by atoms with E-state index < -0.39 is 5.97 Å². The summed E-state index contributed by atoms with van der Waals surface area (Å²) >= 11 is 0. The number of carboxylic acids is 1. The van der Waals surface area contributed by atoms with Crippen molar-refractivity contribution in [3.63, 3.8) is 0 Å². The van der Waals surface area contributed by atoms with E-state index in [-0.39, 0.29) is 12.2 Å². The molecule has 4 heteroatoms. The number of rotatable bonds is 6. The average molecular weight is 202 g/mol. The molecule has 0 aromatic rings. The summed E-state index contributed by atoms with van der Waals surface area (Å²) in [5.74, 6) is -0.935. The van der Waals surface area contributed by atoms with Crippen molar-refractivity contribution in [3.8, 4) is 0 Å². The maximum atomic E-state index is 9.60. The maximum Gasteiger partial charge on any atom is 0.330 e. The Bertz CT molecular complexity index is 163. The minimum atomic E-state index is -0.935. The number of ether oxygens (including phenoxy) is 1. The summed E-state index contributed by atoms with van der Waals surface area (Å²) < 4.78 is 4.79. The van der Waals surface area contributed by atoms with Gasteiger partial charge in [-0.15, -0.1) is 0 Å². The van der Waals surface area contributed by atoms with E-state index in [0.29, 0.717) is 6.61 Å². The van der Waals surface area contributed by atoms with Gasteiger partial charge in [0.1, 0.15) is 0 Å². The minimum absolute atomic E-state index is 0.176. The van der Waals surface area contributed by atoms with Gasteiger partial charge < -0.3 is 14.9 Å². The molecule has 0 radical (unpaired) electrons. The number of unbranched alkanes of at least 4 members (excludes halogenated alkanes) is 1. The lowest BCUT2D eigenvalue weighted by Crippen LogP contribution is -1.92. The van der Waals surface area contributed by atoms with Crippen LogP contribution in [0.3, 0.4) is 0 Å². The van der Waals surface area contributed by atoms with Crippen molar-refractivity contribution in [3.05, 3.63) is 25.0 Å². The summed E-state index contributed by atoms with van der Waals surface area (Å²) in [5.41, 5.74) is 0.176. The van der Waals surface area contributed by atoms with E-state index in [1.165, 1.54) is 13.2 Å². The third-order valence-electron chi connectivity index (χ3n) is 1.15. The molecule has 0 aliphatic carbocycles. The number of carboxylic acid groups (broad SMARTS) is 1. The van der Waals surface area contributed by atoms with Gasteiger partial charge in [0.15, 0.2) is 0 Å². The van der Waals surface area contributed by atoms with Crippen molar-refractivity contribution < 1.29 is 19.7 Å². The van der Waals surface area contributed by atoms with E-state index in [2.05, 4.69) is 13.2 Å². The number of carbonyl (C=O) groups is 1. The Hall–Kier alpha value is -1.29. The zero-order chi connectivity index (χ0) is 11.4. The largest absolute Gasteiger partial charge is 0.502 e. The third-order valence-corrected chi connectivity index (χ3v) is 1.15. The zero-order valence-corrected chi connectivity index (χ0v) is 8.53. The number of hydrogen-bond donors (Lipinski definition) is 2. The molecule has 0 atom stereocenters. The van der Waals surface area contributed by atoms with Gasteiger partial charge in [-0.3, -0.25) is 0 Å². The summed E-state index contributed by atoms with van der Waals surface area (Å²) in [4.78, 5) is 9.60. The van der Waals surface area contributed by atoms with E-state index in [9.17, 15) is 4.79 Å². The third kappa shape index (κ3) is 17.0. The number of aliphatic hydroxyl groups is 1. The van der Waals surface area contributed by atoms with Gasteiger partial charge >= 0.3 is 5.97 Å². The van der Waals surface area contributed by atoms with Crippen LogP contribution in [0, 0.1) is 0 Å². The van der Waals surface area contributed by atoms with Crippen LogP contribution in [0.2, 0.25) is 0 Å². The molecule has 0 aromatic carbocycles. The first kappa shape index (κ1) is 15.2. The lowest BCUT2D eigenvalue weighted by atomic mass is 10.3. The average Bonchev–Trinajstić information content (AvgIpc) is 2.13. The highest BCUT2D eigenvalue weighted by molar-refractivity contribution is 5.84. The van der Waals surface area contributed by atoms with Gasteiger partial charge in [-0.25, -0.2) is 4.79 Å². The van der Waals surface area contributed by atoms with E-state index in [1.54, 1.807) is 0 Å². The van der Waals surface area contributed by atoms with Crippen LogP contribution in [0.25, 0.3) is 0 Å². The van der Waals surface area contributed by atoms with E-state index in [0.717, 1.165) is 12.8 Å². The molecule has 0 heterocycles. The molecule has 0 amide bonds. The Labute approximate surface area is 84.5 Å². The fourth-order valence-corrected chi connectivity index (χ4v) is 0.381. The van der Waals surface area contributed by atoms with Crippen molar-refractivity contribution in [2.75, 3.05) is 13.2 Å². The first-order valence-corrected chi connectivity index (χ1v) is 4.28. The lowest BCUT2D eigenvalue weighted by molar-refractivity contribution is -0.132. The second-order valence-corrected chi connectivity index (χ2v) is 2.55. The smallest absolute Gasteiger partial charge is 0.330 e. The molecular weight excluding hydrogens is 184 g/mol. The Kier molecular flexibility index (Phi) is 12.7. The van der Waals surface area contributed by atoms with Crippen LogP contribution >= 0.6 is 0 Å². The zero-order valence-electron chi connectivity index (χ0n) is 8.53. The molecule has 2 N–H and O–H groups in total. The van der Waals surface area contributed by atoms with E-state index in [4.69, 9.17) is 14.9 Å². The Balaban J connectivity index is 0. The molecule has 0 spiro atoms. The quantitative estimate of drug-likeness (QED) is 0.390. The molecule has 0 rings (SSSR count). The highest BCUT2D eigenvalue weighted by atomic mass is 16.5. The van der Waals surface area contributed by atoms with Crippen molar-refractivity contribution in [2.45, 2.75) is 19.8 Å². The molecule has 0 saturated heterocycles. The standard InChI is InChI=1S/C6H12O2.C4H6O2/c1-2-8-6-4-3-5-7;1-3(2)4(5)6/h2,7H,1,3-6H2;1H2,2H3,(H,5,6). The Morgan fingerprint density at radius 2 is 2.00 bits per heavy atom. The molecule has 82 valence electrons. The van der Waals surface area contributed by atoms with Crippen LogP contribution in [0.5, 0.6) is 0 Å². The molecule has 0 aliphatic heterocycles. The van der Waals surface area contributed by atoms with E-state index >= 15 is 0 Å². The summed E-state index contributed by atoms with van der Waals surface area (Å²) in [6.07, 6.45) is 3.13. The molecule has 0 fully saturated rings. The summed E-state index contributed by atoms with van der Waals surface area (Å²) in [6, 6.07) is 0. The molecule has 14 heavy (non-hydrogen) atoms. The molecule has 0 aromatic heterocycles. The number of hydrogen-bond acceptors (Lipinski definition) is 3. The SMILES string of the molecule is C=C(C)C(=O)O.C=COCCCCO. The van der Waals surface area contributed by atoms with Gasteiger partial charge in [-0.2, -0.15) is 0 Å². The van der Waals surface area contributed by atoms with Gasteiger partial charge in [-0.1, -0.05) is 13.2 Å².